The molecule has 1 aliphatic heterocycles. The van der Waals surface area contributed by atoms with Gasteiger partial charge in [0.05, 0.1) is 6.54 Å². The summed E-state index contributed by atoms with van der Waals surface area (Å²) in [5.41, 5.74) is 0.198. The van der Waals surface area contributed by atoms with Crippen molar-refractivity contribution < 1.29 is 4.79 Å². The maximum atomic E-state index is 11.4. The minimum Gasteiger partial charge on any atom is -0.308 e. The number of ketones is 1. The smallest absolute Gasteiger partial charge is 0.146 e. The molecule has 0 bridgehead atoms. The Morgan fingerprint density at radius 1 is 1.43 bits per heavy atom. The van der Waals surface area contributed by atoms with E-state index in [-0.39, 0.29) is 5.54 Å². The van der Waals surface area contributed by atoms with Crippen molar-refractivity contribution in [2.24, 2.45) is 0 Å². The molecule has 14 heavy (non-hydrogen) atoms. The van der Waals surface area contributed by atoms with E-state index in [2.05, 4.69) is 37.7 Å². The quantitative estimate of drug-likeness (QED) is 0.675. The van der Waals surface area contributed by atoms with Gasteiger partial charge in [-0.2, -0.15) is 0 Å². The average molecular weight is 198 g/mol. The van der Waals surface area contributed by atoms with Gasteiger partial charge >= 0.3 is 0 Å². The predicted molar refractivity (Wildman–Crippen MR) is 58.4 cm³/mol. The monoisotopic (exact) mass is 198 g/mol. The normalized spacial score (nSPS) is 23.1. The van der Waals surface area contributed by atoms with Crippen molar-refractivity contribution in [2.45, 2.75) is 32.2 Å². The Morgan fingerprint density at radius 2 is 2.07 bits per heavy atom. The van der Waals surface area contributed by atoms with Crippen molar-refractivity contribution in [3.8, 4) is 0 Å². The zero-order valence-electron chi connectivity index (χ0n) is 9.84. The summed E-state index contributed by atoms with van der Waals surface area (Å²) in [5, 5.41) is 0. The molecule has 1 aliphatic rings. The number of likely N-dealkylation sites (tertiary alicyclic amines) is 1. The van der Waals surface area contributed by atoms with Crippen LogP contribution in [-0.2, 0) is 4.79 Å². The molecule has 0 aromatic rings. The third kappa shape index (κ3) is 3.07. The first kappa shape index (κ1) is 11.7. The van der Waals surface area contributed by atoms with Crippen molar-refractivity contribution in [3.05, 3.63) is 0 Å². The second kappa shape index (κ2) is 4.41. The van der Waals surface area contributed by atoms with Gasteiger partial charge in [0.1, 0.15) is 5.78 Å². The molecule has 0 atom stereocenters. The molecular formula is C11H22N2O. The first-order chi connectivity index (χ1) is 6.42. The molecule has 3 nitrogen and oxygen atoms in total. The Hall–Kier alpha value is -0.410. The first-order valence-electron chi connectivity index (χ1n) is 5.33. The summed E-state index contributed by atoms with van der Waals surface area (Å²) < 4.78 is 0. The standard InChI is InChI=1S/C11H22N2O/c1-11(2)6-5-10(14)9-13(11)8-7-12(3)4/h5-9H2,1-4H3. The molecule has 1 fully saturated rings. The summed E-state index contributed by atoms with van der Waals surface area (Å²) in [7, 11) is 4.14. The highest BCUT2D eigenvalue weighted by Crippen LogP contribution is 2.25. The lowest BCUT2D eigenvalue weighted by Crippen LogP contribution is -2.52. The fourth-order valence-electron chi connectivity index (χ4n) is 1.81. The molecule has 1 saturated heterocycles. The molecule has 0 spiro atoms. The number of rotatable bonds is 3. The number of likely N-dealkylation sites (N-methyl/N-ethyl adjacent to an activating group) is 1. The van der Waals surface area contributed by atoms with Gasteiger partial charge in [-0.05, 0) is 34.4 Å². The molecule has 0 amide bonds. The van der Waals surface area contributed by atoms with Crippen LogP contribution in [-0.4, -0.2) is 54.9 Å². The van der Waals surface area contributed by atoms with Crippen molar-refractivity contribution in [2.75, 3.05) is 33.7 Å². The number of piperidine rings is 1. The van der Waals surface area contributed by atoms with Crippen LogP contribution in [0.3, 0.4) is 0 Å². The maximum Gasteiger partial charge on any atom is 0.146 e. The van der Waals surface area contributed by atoms with E-state index in [1.165, 1.54) is 0 Å². The lowest BCUT2D eigenvalue weighted by molar-refractivity contribution is -0.125. The van der Waals surface area contributed by atoms with Crippen molar-refractivity contribution in [3.63, 3.8) is 0 Å². The number of nitrogens with zero attached hydrogens (tertiary/aromatic N) is 2. The Labute approximate surface area is 87.1 Å². The number of hydrogen-bond donors (Lipinski definition) is 0. The van der Waals surface area contributed by atoms with Crippen molar-refractivity contribution in [1.29, 1.82) is 0 Å². The van der Waals surface area contributed by atoms with Crippen LogP contribution in [0, 0.1) is 0 Å². The number of carbonyl (C=O) groups excluding carboxylic acids is 1. The van der Waals surface area contributed by atoms with Crippen molar-refractivity contribution >= 4 is 5.78 Å². The van der Waals surface area contributed by atoms with E-state index >= 15 is 0 Å². The molecule has 0 radical (unpaired) electrons. The molecule has 0 unspecified atom stereocenters. The minimum atomic E-state index is 0.198. The third-order valence-electron chi connectivity index (χ3n) is 3.06. The van der Waals surface area contributed by atoms with Gasteiger partial charge < -0.3 is 4.90 Å². The van der Waals surface area contributed by atoms with Crippen molar-refractivity contribution in [1.82, 2.24) is 9.80 Å². The molecule has 1 heterocycles. The van der Waals surface area contributed by atoms with E-state index in [0.717, 1.165) is 25.9 Å². The second-order valence-corrected chi connectivity index (χ2v) is 5.08. The van der Waals surface area contributed by atoms with Gasteiger partial charge in [-0.15, -0.1) is 0 Å². The summed E-state index contributed by atoms with van der Waals surface area (Å²) in [5.74, 6) is 0.392. The molecule has 1 rings (SSSR count). The number of Topliss-reactive ketones (excluding diaryl/α,β-unsaturated/α-hetero) is 1. The van der Waals surface area contributed by atoms with Gasteiger partial charge in [0, 0.05) is 25.0 Å². The van der Waals surface area contributed by atoms with Crippen LogP contribution < -0.4 is 0 Å². The van der Waals surface area contributed by atoms with E-state index < -0.39 is 0 Å². The van der Waals surface area contributed by atoms with E-state index in [1.54, 1.807) is 0 Å². The van der Waals surface area contributed by atoms with Gasteiger partial charge in [-0.25, -0.2) is 0 Å². The highest BCUT2D eigenvalue weighted by atomic mass is 16.1. The minimum absolute atomic E-state index is 0.198. The molecule has 0 N–H and O–H groups in total. The molecule has 82 valence electrons. The van der Waals surface area contributed by atoms with Crippen LogP contribution in [0.25, 0.3) is 0 Å². The third-order valence-corrected chi connectivity index (χ3v) is 3.06. The average Bonchev–Trinajstić information content (AvgIpc) is 2.07. The van der Waals surface area contributed by atoms with Crippen LogP contribution in [0.4, 0.5) is 0 Å². The SMILES string of the molecule is CN(C)CCN1CC(=O)CCC1(C)C. The summed E-state index contributed by atoms with van der Waals surface area (Å²) in [6.45, 7) is 7.12. The van der Waals surface area contributed by atoms with E-state index in [9.17, 15) is 4.79 Å². The predicted octanol–water partition coefficient (Wildman–Crippen LogP) is 0.991. The zero-order chi connectivity index (χ0) is 10.8. The van der Waals surface area contributed by atoms with E-state index in [4.69, 9.17) is 0 Å². The fraction of sp³-hybridized carbons (Fsp3) is 0.909. The molecule has 0 aromatic carbocycles. The lowest BCUT2D eigenvalue weighted by Gasteiger charge is -2.42. The van der Waals surface area contributed by atoms with Crippen LogP contribution in [0.15, 0.2) is 0 Å². The topological polar surface area (TPSA) is 23.6 Å². The summed E-state index contributed by atoms with van der Waals surface area (Å²) >= 11 is 0. The van der Waals surface area contributed by atoms with Gasteiger partial charge in [-0.3, -0.25) is 9.69 Å². The summed E-state index contributed by atoms with van der Waals surface area (Å²) in [6, 6.07) is 0. The molecule has 0 saturated carbocycles. The van der Waals surface area contributed by atoms with Gasteiger partial charge in [0.15, 0.2) is 0 Å². The van der Waals surface area contributed by atoms with E-state index in [1.807, 2.05) is 0 Å². The summed E-state index contributed by atoms with van der Waals surface area (Å²) in [6.07, 6.45) is 1.75. The highest BCUT2D eigenvalue weighted by molar-refractivity contribution is 5.81. The van der Waals surface area contributed by atoms with Crippen LogP contribution in [0.5, 0.6) is 0 Å². The molecular weight excluding hydrogens is 176 g/mol. The number of hydrogen-bond acceptors (Lipinski definition) is 3. The van der Waals surface area contributed by atoms with Gasteiger partial charge in [0.2, 0.25) is 0 Å². The van der Waals surface area contributed by atoms with E-state index in [0.29, 0.717) is 12.3 Å². The fourth-order valence-corrected chi connectivity index (χ4v) is 1.81. The summed E-state index contributed by atoms with van der Waals surface area (Å²) in [4.78, 5) is 15.8. The molecule has 0 aliphatic carbocycles. The van der Waals surface area contributed by atoms with Crippen LogP contribution in [0.1, 0.15) is 26.7 Å². The Morgan fingerprint density at radius 3 is 2.64 bits per heavy atom. The largest absolute Gasteiger partial charge is 0.308 e. The Kier molecular flexibility index (Phi) is 3.67. The molecule has 0 aromatic heterocycles. The molecule has 3 heteroatoms. The van der Waals surface area contributed by atoms with Crippen LogP contribution in [0.2, 0.25) is 0 Å². The van der Waals surface area contributed by atoms with Crippen LogP contribution >= 0.6 is 0 Å². The lowest BCUT2D eigenvalue weighted by atomic mass is 9.90. The Bertz CT molecular complexity index is 211. The number of carbonyl (C=O) groups is 1. The first-order valence-corrected chi connectivity index (χ1v) is 5.33. The maximum absolute atomic E-state index is 11.4. The highest BCUT2D eigenvalue weighted by Gasteiger charge is 2.32. The van der Waals surface area contributed by atoms with Gasteiger partial charge in [-0.1, -0.05) is 0 Å². The zero-order valence-corrected chi connectivity index (χ0v) is 9.84. The van der Waals surface area contributed by atoms with Gasteiger partial charge in [0.25, 0.3) is 0 Å². The second-order valence-electron chi connectivity index (χ2n) is 5.08. The Balaban J connectivity index is 2.50.